The fourth-order valence-corrected chi connectivity index (χ4v) is 2.13. The second-order valence-corrected chi connectivity index (χ2v) is 5.46. The molecule has 0 aliphatic rings. The van der Waals surface area contributed by atoms with Gasteiger partial charge >= 0.3 is 11.9 Å². The summed E-state index contributed by atoms with van der Waals surface area (Å²) >= 11 is 0. The standard InChI is InChI=1S/2C9H10O3.Cu/c2*1-5-3-4-6(2)8(10)7(5)9(11)12;/h2*3-4,10H,1-2H3,(H,11,12);. The van der Waals surface area contributed by atoms with Gasteiger partial charge in [0, 0.05) is 17.1 Å². The summed E-state index contributed by atoms with van der Waals surface area (Å²) in [4.78, 5) is 21.3. The summed E-state index contributed by atoms with van der Waals surface area (Å²) < 4.78 is 0. The van der Waals surface area contributed by atoms with E-state index in [1.54, 1.807) is 52.0 Å². The molecule has 0 heterocycles. The van der Waals surface area contributed by atoms with Crippen molar-refractivity contribution in [1.82, 2.24) is 0 Å². The molecule has 1 radical (unpaired) electrons. The van der Waals surface area contributed by atoms with E-state index in [4.69, 9.17) is 10.2 Å². The van der Waals surface area contributed by atoms with Crippen LogP contribution in [-0.2, 0) is 17.1 Å². The SMILES string of the molecule is Cc1ccc(C)c(C(=O)O)c1O.Cc1ccc(C)c(C(=O)O)c1O.[Cu]. The van der Waals surface area contributed by atoms with Crippen LogP contribution in [0, 0.1) is 27.7 Å². The predicted octanol–water partition coefficient (Wildman–Crippen LogP) is 3.41. The Morgan fingerprint density at radius 2 is 0.880 bits per heavy atom. The number of benzene rings is 2. The summed E-state index contributed by atoms with van der Waals surface area (Å²) in [6.07, 6.45) is 0. The van der Waals surface area contributed by atoms with E-state index in [9.17, 15) is 19.8 Å². The maximum atomic E-state index is 10.6. The molecule has 2 aromatic carbocycles. The maximum absolute atomic E-state index is 10.6. The molecule has 25 heavy (non-hydrogen) atoms. The van der Waals surface area contributed by atoms with Crippen molar-refractivity contribution in [3.8, 4) is 11.5 Å². The van der Waals surface area contributed by atoms with Crippen LogP contribution in [0.4, 0.5) is 0 Å². The van der Waals surface area contributed by atoms with Gasteiger partial charge in [0.15, 0.2) is 0 Å². The van der Waals surface area contributed by atoms with Gasteiger partial charge in [-0.3, -0.25) is 0 Å². The van der Waals surface area contributed by atoms with Crippen LogP contribution in [0.2, 0.25) is 0 Å². The number of carboxylic acid groups (broad SMARTS) is 2. The number of phenols is 2. The minimum Gasteiger partial charge on any atom is -0.507 e. The molecule has 0 saturated heterocycles. The number of aryl methyl sites for hydroxylation is 4. The van der Waals surface area contributed by atoms with Crippen LogP contribution in [0.3, 0.4) is 0 Å². The topological polar surface area (TPSA) is 115 Å². The van der Waals surface area contributed by atoms with Crippen molar-refractivity contribution in [3.05, 3.63) is 57.6 Å². The minimum atomic E-state index is -1.09. The van der Waals surface area contributed by atoms with Gasteiger partial charge in [0.05, 0.1) is 0 Å². The molecule has 4 N–H and O–H groups in total. The molecule has 6 nitrogen and oxygen atoms in total. The van der Waals surface area contributed by atoms with Crippen LogP contribution < -0.4 is 0 Å². The first-order valence-corrected chi connectivity index (χ1v) is 7.12. The quantitative estimate of drug-likeness (QED) is 0.579. The van der Waals surface area contributed by atoms with E-state index in [0.717, 1.165) is 0 Å². The molecule has 0 aliphatic heterocycles. The molecule has 0 spiro atoms. The summed E-state index contributed by atoms with van der Waals surface area (Å²) in [6.45, 7) is 6.65. The van der Waals surface area contributed by atoms with Crippen LogP contribution >= 0.6 is 0 Å². The average Bonchev–Trinajstić information content (AvgIpc) is 2.48. The third-order valence-electron chi connectivity index (χ3n) is 3.60. The molecular formula is C18H20CuO6. The summed E-state index contributed by atoms with van der Waals surface area (Å²) in [5, 5.41) is 36.2. The van der Waals surface area contributed by atoms with Gasteiger partial charge in [-0.1, -0.05) is 24.3 Å². The summed E-state index contributed by atoms with van der Waals surface area (Å²) in [5.74, 6) is -2.45. The normalized spacial score (nSPS) is 9.44. The molecule has 7 heteroatoms. The zero-order valence-corrected chi connectivity index (χ0v) is 15.2. The second kappa shape index (κ2) is 9.11. The monoisotopic (exact) mass is 395 g/mol. The Balaban J connectivity index is 0.000000443. The van der Waals surface area contributed by atoms with Gasteiger partial charge in [-0.15, -0.1) is 0 Å². The van der Waals surface area contributed by atoms with E-state index in [1.165, 1.54) is 0 Å². The Bertz CT molecular complexity index is 731. The molecule has 0 aliphatic carbocycles. The van der Waals surface area contributed by atoms with Crippen molar-refractivity contribution < 1.29 is 47.1 Å². The molecule has 2 aromatic rings. The van der Waals surface area contributed by atoms with Crippen molar-refractivity contribution in [2.45, 2.75) is 27.7 Å². The number of rotatable bonds is 2. The fourth-order valence-electron chi connectivity index (χ4n) is 2.13. The Morgan fingerprint density at radius 3 is 1.08 bits per heavy atom. The molecule has 0 fully saturated rings. The van der Waals surface area contributed by atoms with Gasteiger partial charge < -0.3 is 20.4 Å². The van der Waals surface area contributed by atoms with E-state index < -0.39 is 11.9 Å². The summed E-state index contributed by atoms with van der Waals surface area (Å²) in [7, 11) is 0. The average molecular weight is 396 g/mol. The van der Waals surface area contributed by atoms with Crippen molar-refractivity contribution in [3.63, 3.8) is 0 Å². The van der Waals surface area contributed by atoms with Crippen LogP contribution in [0.15, 0.2) is 24.3 Å². The Kier molecular flexibility index (Phi) is 8.19. The Hall–Kier alpha value is -2.50. The molecule has 0 saturated carbocycles. The number of carbonyl (C=O) groups is 2. The van der Waals surface area contributed by atoms with Gasteiger partial charge in [0.25, 0.3) is 0 Å². The number of hydrogen-bond acceptors (Lipinski definition) is 4. The molecule has 0 amide bonds. The molecular weight excluding hydrogens is 376 g/mol. The molecule has 0 aromatic heterocycles. The number of aromatic hydroxyl groups is 2. The van der Waals surface area contributed by atoms with Crippen molar-refractivity contribution in [2.75, 3.05) is 0 Å². The molecule has 2 rings (SSSR count). The first-order valence-electron chi connectivity index (χ1n) is 7.12. The van der Waals surface area contributed by atoms with E-state index in [0.29, 0.717) is 22.3 Å². The molecule has 0 atom stereocenters. The third-order valence-corrected chi connectivity index (χ3v) is 3.60. The predicted molar refractivity (Wildman–Crippen MR) is 89.1 cm³/mol. The zero-order chi connectivity index (χ0) is 18.6. The first-order chi connectivity index (χ1) is 11.1. The number of hydrogen-bond donors (Lipinski definition) is 4. The van der Waals surface area contributed by atoms with Gasteiger partial charge in [0.2, 0.25) is 0 Å². The summed E-state index contributed by atoms with van der Waals surface area (Å²) in [6, 6.07) is 6.74. The minimum absolute atomic E-state index is 0. The van der Waals surface area contributed by atoms with Crippen molar-refractivity contribution in [1.29, 1.82) is 0 Å². The van der Waals surface area contributed by atoms with Crippen LogP contribution in [-0.4, -0.2) is 32.4 Å². The smallest absolute Gasteiger partial charge is 0.339 e. The van der Waals surface area contributed by atoms with Gasteiger partial charge in [-0.2, -0.15) is 0 Å². The van der Waals surface area contributed by atoms with E-state index in [-0.39, 0.29) is 39.7 Å². The first kappa shape index (κ1) is 22.5. The van der Waals surface area contributed by atoms with Gasteiger partial charge in [-0.25, -0.2) is 9.59 Å². The second-order valence-electron chi connectivity index (χ2n) is 5.46. The Labute approximate surface area is 156 Å². The summed E-state index contributed by atoms with van der Waals surface area (Å²) in [5.41, 5.74) is 2.30. The van der Waals surface area contributed by atoms with E-state index in [2.05, 4.69) is 0 Å². The number of carboxylic acids is 2. The molecule has 0 bridgehead atoms. The van der Waals surface area contributed by atoms with Crippen LogP contribution in [0.5, 0.6) is 11.5 Å². The van der Waals surface area contributed by atoms with Gasteiger partial charge in [0.1, 0.15) is 22.6 Å². The van der Waals surface area contributed by atoms with Crippen LogP contribution in [0.1, 0.15) is 43.0 Å². The third kappa shape index (κ3) is 5.24. The fraction of sp³-hybridized carbons (Fsp3) is 0.222. The molecule has 139 valence electrons. The molecule has 0 unspecified atom stereocenters. The van der Waals surface area contributed by atoms with Crippen molar-refractivity contribution >= 4 is 11.9 Å². The largest absolute Gasteiger partial charge is 0.507 e. The number of aromatic carboxylic acids is 2. The van der Waals surface area contributed by atoms with E-state index in [1.807, 2.05) is 0 Å². The maximum Gasteiger partial charge on any atom is 0.339 e. The zero-order valence-electron chi connectivity index (χ0n) is 14.2. The van der Waals surface area contributed by atoms with Crippen LogP contribution in [0.25, 0.3) is 0 Å². The van der Waals surface area contributed by atoms with Gasteiger partial charge in [-0.05, 0) is 49.9 Å². The van der Waals surface area contributed by atoms with Crippen molar-refractivity contribution in [2.24, 2.45) is 0 Å². The van der Waals surface area contributed by atoms with E-state index >= 15 is 0 Å². The Morgan fingerprint density at radius 1 is 0.640 bits per heavy atom.